The van der Waals surface area contributed by atoms with E-state index in [1.807, 2.05) is 48.5 Å². The fraction of sp³-hybridized carbons (Fsp3) is 0.379. The number of hydrogen-bond donors (Lipinski definition) is 2. The topological polar surface area (TPSA) is 93.1 Å². The van der Waals surface area contributed by atoms with Gasteiger partial charge < -0.3 is 19.7 Å². The molecule has 0 aliphatic carbocycles. The average molecular weight is 481 g/mol. The van der Waals surface area contributed by atoms with Gasteiger partial charge in [-0.15, -0.1) is 0 Å². The van der Waals surface area contributed by atoms with E-state index in [1.54, 1.807) is 13.8 Å². The van der Waals surface area contributed by atoms with E-state index in [0.29, 0.717) is 26.1 Å². The Labute approximate surface area is 207 Å². The van der Waals surface area contributed by atoms with Crippen molar-refractivity contribution in [2.75, 3.05) is 13.2 Å². The molecule has 2 aromatic rings. The normalized spacial score (nSPS) is 12.3. The maximum Gasteiger partial charge on any atom is 0.196 e. The maximum absolute atomic E-state index is 11.6. The van der Waals surface area contributed by atoms with Gasteiger partial charge in [-0.3, -0.25) is 9.59 Å². The van der Waals surface area contributed by atoms with E-state index < -0.39 is 0 Å². The Bertz CT molecular complexity index is 946. The van der Waals surface area contributed by atoms with Gasteiger partial charge in [0.25, 0.3) is 0 Å². The summed E-state index contributed by atoms with van der Waals surface area (Å²) in [6.45, 7) is 8.35. The molecule has 0 radical (unpaired) electrons. The molecule has 0 saturated carbocycles. The van der Waals surface area contributed by atoms with E-state index in [2.05, 4.69) is 13.8 Å². The summed E-state index contributed by atoms with van der Waals surface area (Å²) >= 11 is 0. The second kappa shape index (κ2) is 13.4. The Hall–Kier alpha value is -3.54. The number of ketones is 2. The predicted octanol–water partition coefficient (Wildman–Crippen LogP) is 6.39. The number of ether oxygens (including phenoxy) is 2. The SMILES string of the molecule is CC=C(O)C(=O)CCCOc1ccc(C(C)(C)c2ccc(OCCCC(=O)C(O)=CC)cc2)cc1. The molecule has 0 aromatic heterocycles. The highest BCUT2D eigenvalue weighted by molar-refractivity contribution is 5.93. The number of aliphatic hydroxyl groups excluding tert-OH is 2. The lowest BCUT2D eigenvalue weighted by atomic mass is 9.78. The molecule has 0 spiro atoms. The van der Waals surface area contributed by atoms with E-state index in [-0.39, 0.29) is 41.3 Å². The van der Waals surface area contributed by atoms with E-state index in [0.717, 1.165) is 22.6 Å². The summed E-state index contributed by atoms with van der Waals surface area (Å²) in [6, 6.07) is 15.8. The number of allylic oxidation sites excluding steroid dienone is 4. The number of aliphatic hydroxyl groups is 2. The minimum absolute atomic E-state index is 0.200. The van der Waals surface area contributed by atoms with Gasteiger partial charge in [0, 0.05) is 18.3 Å². The molecule has 2 aromatic carbocycles. The average Bonchev–Trinajstić information content (AvgIpc) is 2.88. The number of hydrogen-bond acceptors (Lipinski definition) is 6. The van der Waals surface area contributed by atoms with E-state index in [4.69, 9.17) is 9.47 Å². The Morgan fingerprint density at radius 3 is 1.37 bits per heavy atom. The summed E-state index contributed by atoms with van der Waals surface area (Å²) in [6.07, 6.45) is 4.36. The Morgan fingerprint density at radius 2 is 1.06 bits per heavy atom. The van der Waals surface area contributed by atoms with Crippen LogP contribution >= 0.6 is 0 Å². The van der Waals surface area contributed by atoms with Crippen LogP contribution in [0.5, 0.6) is 11.5 Å². The summed E-state index contributed by atoms with van der Waals surface area (Å²) in [5.41, 5.74) is 2.03. The summed E-state index contributed by atoms with van der Waals surface area (Å²) in [5.74, 6) is 0.519. The van der Waals surface area contributed by atoms with Gasteiger partial charge in [-0.25, -0.2) is 0 Å². The van der Waals surface area contributed by atoms with Crippen LogP contribution in [-0.2, 0) is 15.0 Å². The highest BCUT2D eigenvalue weighted by Crippen LogP contribution is 2.33. The third-order valence-corrected chi connectivity index (χ3v) is 5.90. The van der Waals surface area contributed by atoms with Crippen LogP contribution in [0, 0.1) is 0 Å². The smallest absolute Gasteiger partial charge is 0.196 e. The summed E-state index contributed by atoms with van der Waals surface area (Å²) in [7, 11) is 0. The van der Waals surface area contributed by atoms with Crippen LogP contribution in [0.2, 0.25) is 0 Å². The fourth-order valence-electron chi connectivity index (χ4n) is 3.53. The largest absolute Gasteiger partial charge is 0.505 e. The van der Waals surface area contributed by atoms with Crippen LogP contribution in [0.25, 0.3) is 0 Å². The van der Waals surface area contributed by atoms with Crippen LogP contribution in [0.4, 0.5) is 0 Å². The van der Waals surface area contributed by atoms with Crippen LogP contribution in [0.15, 0.2) is 72.2 Å². The zero-order chi connectivity index (χ0) is 25.8. The van der Waals surface area contributed by atoms with Gasteiger partial charge in [-0.2, -0.15) is 0 Å². The van der Waals surface area contributed by atoms with Gasteiger partial charge in [0.15, 0.2) is 23.1 Å². The quantitative estimate of drug-likeness (QED) is 0.185. The van der Waals surface area contributed by atoms with E-state index >= 15 is 0 Å². The molecule has 35 heavy (non-hydrogen) atoms. The summed E-state index contributed by atoms with van der Waals surface area (Å²) in [4.78, 5) is 23.2. The molecular weight excluding hydrogens is 444 g/mol. The number of Topliss-reactive ketones (excluding diaryl/α,β-unsaturated/α-hetero) is 2. The van der Waals surface area contributed by atoms with Crippen molar-refractivity contribution in [3.8, 4) is 11.5 Å². The van der Waals surface area contributed by atoms with E-state index in [1.165, 1.54) is 12.2 Å². The number of carbonyl (C=O) groups excluding carboxylic acids is 2. The molecule has 0 fully saturated rings. The Kier molecular flexibility index (Phi) is 10.6. The molecule has 6 nitrogen and oxygen atoms in total. The van der Waals surface area contributed by atoms with Gasteiger partial charge in [-0.1, -0.05) is 38.1 Å². The van der Waals surface area contributed by atoms with E-state index in [9.17, 15) is 19.8 Å². The third kappa shape index (κ3) is 8.32. The van der Waals surface area contributed by atoms with Crippen molar-refractivity contribution >= 4 is 11.6 Å². The standard InChI is InChI=1S/C29H36O6/c1-5-25(30)27(32)9-7-19-34-23-15-11-21(12-16-23)29(3,4)22-13-17-24(18-14-22)35-20-8-10-28(33)26(31)6-2/h5-6,11-18,30-31H,7-10,19-20H2,1-4H3. The monoisotopic (exact) mass is 480 g/mol. The number of carbonyl (C=O) groups is 2. The molecule has 6 heteroatoms. The first kappa shape index (κ1) is 27.7. The fourth-order valence-corrected chi connectivity index (χ4v) is 3.53. The molecule has 0 saturated heterocycles. The van der Waals surface area contributed by atoms with Crippen molar-refractivity contribution in [1.29, 1.82) is 0 Å². The van der Waals surface area contributed by atoms with Crippen molar-refractivity contribution in [3.63, 3.8) is 0 Å². The summed E-state index contributed by atoms with van der Waals surface area (Å²) < 4.78 is 11.5. The number of rotatable bonds is 14. The van der Waals surface area contributed by atoms with Gasteiger partial charge in [0.1, 0.15) is 11.5 Å². The van der Waals surface area contributed by atoms with Crippen LogP contribution in [0.3, 0.4) is 0 Å². The van der Waals surface area contributed by atoms with Gasteiger partial charge >= 0.3 is 0 Å². The molecule has 188 valence electrons. The highest BCUT2D eigenvalue weighted by atomic mass is 16.5. The molecule has 0 aliphatic rings. The minimum Gasteiger partial charge on any atom is -0.505 e. The minimum atomic E-state index is -0.274. The van der Waals surface area contributed by atoms with Gasteiger partial charge in [0.2, 0.25) is 0 Å². The van der Waals surface area contributed by atoms with Gasteiger partial charge in [-0.05, 0) is 74.2 Å². The first-order valence-electron chi connectivity index (χ1n) is 11.9. The first-order valence-corrected chi connectivity index (χ1v) is 11.9. The molecule has 0 atom stereocenters. The lowest BCUT2D eigenvalue weighted by Gasteiger charge is -2.26. The molecule has 0 aliphatic heterocycles. The molecule has 0 heterocycles. The van der Waals surface area contributed by atoms with Crippen LogP contribution in [0.1, 0.15) is 64.5 Å². The second-order valence-corrected chi connectivity index (χ2v) is 8.77. The van der Waals surface area contributed by atoms with Crippen molar-refractivity contribution in [3.05, 3.63) is 83.3 Å². The molecular formula is C29H36O6. The highest BCUT2D eigenvalue weighted by Gasteiger charge is 2.23. The molecule has 2 N–H and O–H groups in total. The van der Waals surface area contributed by atoms with Crippen molar-refractivity contribution in [1.82, 2.24) is 0 Å². The molecule has 0 amide bonds. The zero-order valence-electron chi connectivity index (χ0n) is 21.0. The summed E-state index contributed by atoms with van der Waals surface area (Å²) in [5, 5.41) is 18.8. The van der Waals surface area contributed by atoms with Crippen molar-refractivity contribution < 1.29 is 29.3 Å². The van der Waals surface area contributed by atoms with Gasteiger partial charge in [0.05, 0.1) is 13.2 Å². The molecule has 0 unspecified atom stereocenters. The molecule has 0 bridgehead atoms. The second-order valence-electron chi connectivity index (χ2n) is 8.77. The first-order chi connectivity index (χ1) is 16.7. The predicted molar refractivity (Wildman–Crippen MR) is 137 cm³/mol. The van der Waals surface area contributed by atoms with Crippen LogP contribution in [-0.4, -0.2) is 35.0 Å². The van der Waals surface area contributed by atoms with Crippen LogP contribution < -0.4 is 9.47 Å². The Balaban J connectivity index is 1.86. The Morgan fingerprint density at radius 1 is 0.714 bits per heavy atom. The maximum atomic E-state index is 11.6. The molecule has 2 rings (SSSR count). The van der Waals surface area contributed by atoms with Crippen molar-refractivity contribution in [2.45, 2.75) is 58.8 Å². The zero-order valence-corrected chi connectivity index (χ0v) is 21.0. The third-order valence-electron chi connectivity index (χ3n) is 5.90. The number of benzene rings is 2. The lowest BCUT2D eigenvalue weighted by molar-refractivity contribution is -0.118. The lowest BCUT2D eigenvalue weighted by Crippen LogP contribution is -2.18. The van der Waals surface area contributed by atoms with Crippen molar-refractivity contribution in [2.24, 2.45) is 0 Å².